The molecule has 0 bridgehead atoms. The molecule has 7 heteroatoms. The van der Waals surface area contributed by atoms with Crippen molar-refractivity contribution >= 4 is 43.4 Å². The third-order valence-electron chi connectivity index (χ3n) is 7.10. The number of rotatable bonds is 2. The Morgan fingerprint density at radius 1 is 1.17 bits per heavy atom. The molecule has 0 N–H and O–H groups in total. The number of hydrogen-bond donors (Lipinski definition) is 0. The lowest BCUT2D eigenvalue weighted by molar-refractivity contribution is 0.198. The highest BCUT2D eigenvalue weighted by atomic mass is 32.1. The maximum Gasteiger partial charge on any atom is 0.227 e. The van der Waals surface area contributed by atoms with Gasteiger partial charge in [-0.3, -0.25) is 14.1 Å². The van der Waals surface area contributed by atoms with Crippen molar-refractivity contribution in [3.63, 3.8) is 0 Å². The summed E-state index contributed by atoms with van der Waals surface area (Å²) in [5.74, 6) is 0.770. The van der Waals surface area contributed by atoms with E-state index >= 15 is 0 Å². The molecule has 1 spiro atoms. The SMILES string of the molecule is CCc1nc(N2CCC3(CCCN3C)C2)nc2c1c(=O)cc1sc3ccccc3n12. The van der Waals surface area contributed by atoms with Gasteiger partial charge in [-0.1, -0.05) is 19.1 Å². The molecule has 2 aliphatic rings. The molecule has 2 aliphatic heterocycles. The Labute approximate surface area is 178 Å². The van der Waals surface area contributed by atoms with Crippen LogP contribution in [-0.4, -0.2) is 51.5 Å². The Morgan fingerprint density at radius 3 is 2.83 bits per heavy atom. The van der Waals surface area contributed by atoms with Gasteiger partial charge in [0.1, 0.15) is 4.83 Å². The number of likely N-dealkylation sites (tertiary alicyclic amines) is 1. The number of aryl methyl sites for hydroxylation is 1. The molecule has 2 saturated heterocycles. The third kappa shape index (κ3) is 2.48. The Balaban J connectivity index is 1.60. The smallest absolute Gasteiger partial charge is 0.227 e. The van der Waals surface area contributed by atoms with Gasteiger partial charge in [-0.2, -0.15) is 4.98 Å². The summed E-state index contributed by atoms with van der Waals surface area (Å²) in [6, 6.07) is 10.0. The average Bonchev–Trinajstić information content (AvgIpc) is 3.45. The molecular formula is C23H25N5OS. The van der Waals surface area contributed by atoms with Crippen molar-refractivity contribution < 1.29 is 0 Å². The summed E-state index contributed by atoms with van der Waals surface area (Å²) in [5, 5.41) is 0.661. The maximum absolute atomic E-state index is 13.0. The van der Waals surface area contributed by atoms with E-state index in [4.69, 9.17) is 9.97 Å². The highest BCUT2D eigenvalue weighted by Gasteiger charge is 2.44. The van der Waals surface area contributed by atoms with Crippen molar-refractivity contribution in [2.24, 2.45) is 0 Å². The molecule has 1 aromatic carbocycles. The van der Waals surface area contributed by atoms with Gasteiger partial charge in [0.25, 0.3) is 0 Å². The summed E-state index contributed by atoms with van der Waals surface area (Å²) in [6.45, 7) is 5.17. The van der Waals surface area contributed by atoms with Gasteiger partial charge in [-0.05, 0) is 51.4 Å². The lowest BCUT2D eigenvalue weighted by Gasteiger charge is -2.31. The molecule has 30 heavy (non-hydrogen) atoms. The van der Waals surface area contributed by atoms with E-state index in [9.17, 15) is 4.79 Å². The second-order valence-electron chi connectivity index (χ2n) is 8.70. The van der Waals surface area contributed by atoms with Gasteiger partial charge in [0.2, 0.25) is 5.95 Å². The van der Waals surface area contributed by atoms with E-state index < -0.39 is 0 Å². The minimum absolute atomic E-state index is 0.0216. The highest BCUT2D eigenvalue weighted by molar-refractivity contribution is 7.24. The van der Waals surface area contributed by atoms with Crippen LogP contribution in [0.3, 0.4) is 0 Å². The summed E-state index contributed by atoms with van der Waals surface area (Å²) in [5.41, 5.74) is 2.97. The van der Waals surface area contributed by atoms with E-state index in [2.05, 4.69) is 40.3 Å². The van der Waals surface area contributed by atoms with E-state index in [-0.39, 0.29) is 11.0 Å². The number of nitrogens with zero attached hydrogens (tertiary/aromatic N) is 5. The van der Waals surface area contributed by atoms with Crippen LogP contribution in [0.1, 0.15) is 31.9 Å². The van der Waals surface area contributed by atoms with Crippen LogP contribution in [0.15, 0.2) is 35.1 Å². The summed E-state index contributed by atoms with van der Waals surface area (Å²) >= 11 is 1.64. The molecule has 2 fully saturated rings. The molecule has 0 aliphatic carbocycles. The molecule has 0 amide bonds. The van der Waals surface area contributed by atoms with Crippen molar-refractivity contribution in [3.8, 4) is 0 Å². The van der Waals surface area contributed by atoms with Crippen molar-refractivity contribution in [3.05, 3.63) is 46.2 Å². The number of pyridine rings is 1. The molecule has 3 aromatic heterocycles. The van der Waals surface area contributed by atoms with Crippen LogP contribution < -0.4 is 10.3 Å². The third-order valence-corrected chi connectivity index (χ3v) is 8.18. The lowest BCUT2D eigenvalue weighted by Crippen LogP contribution is -2.43. The van der Waals surface area contributed by atoms with Gasteiger partial charge in [-0.25, -0.2) is 4.98 Å². The first kappa shape index (κ1) is 18.3. The van der Waals surface area contributed by atoms with Crippen molar-refractivity contribution in [1.29, 1.82) is 0 Å². The molecule has 0 radical (unpaired) electrons. The molecule has 6 rings (SSSR count). The highest BCUT2D eigenvalue weighted by Crippen LogP contribution is 2.38. The maximum atomic E-state index is 13.0. The molecular weight excluding hydrogens is 394 g/mol. The molecule has 1 atom stereocenters. The molecule has 6 nitrogen and oxygen atoms in total. The topological polar surface area (TPSA) is 53.7 Å². The monoisotopic (exact) mass is 419 g/mol. The van der Waals surface area contributed by atoms with E-state index in [0.717, 1.165) is 51.8 Å². The summed E-state index contributed by atoms with van der Waals surface area (Å²) in [7, 11) is 2.25. The number of anilines is 1. The van der Waals surface area contributed by atoms with E-state index in [1.54, 1.807) is 17.4 Å². The summed E-state index contributed by atoms with van der Waals surface area (Å²) in [6.07, 6.45) is 4.37. The second kappa shape index (κ2) is 6.49. The standard InChI is InChI=1S/C23H25N5OS/c1-3-15-20-17(29)13-19-28(16-7-4-5-8-18(16)30-19)21(20)25-22(24-15)27-12-10-23(14-27)9-6-11-26(23)2/h4-5,7-8,13H,3,6,9-12,14H2,1-2H3. The van der Waals surface area contributed by atoms with E-state index in [1.807, 2.05) is 12.1 Å². The molecule has 5 heterocycles. The Morgan fingerprint density at radius 2 is 2.03 bits per heavy atom. The molecule has 0 saturated carbocycles. The van der Waals surface area contributed by atoms with Crippen LogP contribution in [0, 0.1) is 0 Å². The zero-order chi connectivity index (χ0) is 20.5. The first-order valence-corrected chi connectivity index (χ1v) is 11.6. The zero-order valence-electron chi connectivity index (χ0n) is 17.4. The number of benzene rings is 1. The predicted octanol–water partition coefficient (Wildman–Crippen LogP) is 3.69. The average molecular weight is 420 g/mol. The van der Waals surface area contributed by atoms with Crippen LogP contribution in [-0.2, 0) is 6.42 Å². The van der Waals surface area contributed by atoms with Crippen LogP contribution in [0.25, 0.3) is 26.1 Å². The number of hydrogen-bond acceptors (Lipinski definition) is 6. The summed E-state index contributed by atoms with van der Waals surface area (Å²) < 4.78 is 3.31. The quantitative estimate of drug-likeness (QED) is 0.496. The minimum atomic E-state index is 0.0216. The van der Waals surface area contributed by atoms with Gasteiger partial charge in [0.15, 0.2) is 11.1 Å². The summed E-state index contributed by atoms with van der Waals surface area (Å²) in [4.78, 5) is 28.7. The van der Waals surface area contributed by atoms with Gasteiger partial charge >= 0.3 is 0 Å². The van der Waals surface area contributed by atoms with Gasteiger partial charge in [0, 0.05) is 24.7 Å². The molecule has 1 unspecified atom stereocenters. The van der Waals surface area contributed by atoms with Gasteiger partial charge < -0.3 is 4.90 Å². The van der Waals surface area contributed by atoms with Gasteiger partial charge in [0.05, 0.1) is 21.3 Å². The molecule has 154 valence electrons. The molecule has 4 aromatic rings. The lowest BCUT2D eigenvalue weighted by atomic mass is 9.96. The van der Waals surface area contributed by atoms with E-state index in [1.165, 1.54) is 19.4 Å². The normalized spacial score (nSPS) is 22.4. The minimum Gasteiger partial charge on any atom is -0.339 e. The van der Waals surface area contributed by atoms with Crippen LogP contribution in [0.5, 0.6) is 0 Å². The number of aromatic nitrogens is 3. The predicted molar refractivity (Wildman–Crippen MR) is 123 cm³/mol. The van der Waals surface area contributed by atoms with Crippen molar-refractivity contribution in [2.75, 3.05) is 31.6 Å². The fourth-order valence-electron chi connectivity index (χ4n) is 5.41. The fraction of sp³-hybridized carbons (Fsp3) is 0.435. The Bertz CT molecular complexity index is 1360. The second-order valence-corrected chi connectivity index (χ2v) is 9.76. The van der Waals surface area contributed by atoms with Gasteiger partial charge in [-0.15, -0.1) is 11.3 Å². The number of fused-ring (bicyclic) bond motifs is 5. The van der Waals surface area contributed by atoms with E-state index in [0.29, 0.717) is 11.8 Å². The largest absolute Gasteiger partial charge is 0.339 e. The van der Waals surface area contributed by atoms with Crippen LogP contribution >= 0.6 is 11.3 Å². The Hall–Kier alpha value is -2.51. The van der Waals surface area contributed by atoms with Crippen LogP contribution in [0.2, 0.25) is 0 Å². The number of likely N-dealkylation sites (N-methyl/N-ethyl adjacent to an activating group) is 1. The zero-order valence-corrected chi connectivity index (χ0v) is 18.2. The first-order valence-electron chi connectivity index (χ1n) is 10.8. The number of thiazole rings is 1. The van der Waals surface area contributed by atoms with Crippen LogP contribution in [0.4, 0.5) is 5.95 Å². The van der Waals surface area contributed by atoms with Crippen molar-refractivity contribution in [2.45, 2.75) is 38.1 Å². The van der Waals surface area contributed by atoms with Crippen molar-refractivity contribution in [1.82, 2.24) is 19.3 Å². The number of para-hydroxylation sites is 1. The first-order chi connectivity index (χ1) is 14.6. The Kier molecular flexibility index (Phi) is 3.95. The fourth-order valence-corrected chi connectivity index (χ4v) is 6.49.